The average molecular weight is 1210 g/mol. The van der Waals surface area contributed by atoms with Gasteiger partial charge in [0, 0.05) is 65.8 Å². The van der Waals surface area contributed by atoms with E-state index in [1.54, 1.807) is 51.0 Å². The maximum Gasteiger partial charge on any atom is 0.514 e. The molecule has 87 heavy (non-hydrogen) atoms. The van der Waals surface area contributed by atoms with Crippen molar-refractivity contribution in [3.8, 4) is 11.5 Å². The summed E-state index contributed by atoms with van der Waals surface area (Å²) >= 11 is 0. The molecule has 0 aliphatic heterocycles. The van der Waals surface area contributed by atoms with Gasteiger partial charge in [-0.25, -0.2) is 9.59 Å². The van der Waals surface area contributed by atoms with E-state index in [9.17, 15) is 24.0 Å². The third kappa shape index (κ3) is 19.2. The molecule has 0 aliphatic rings. The van der Waals surface area contributed by atoms with Gasteiger partial charge in [0.15, 0.2) is 14.1 Å². The molecule has 464 valence electrons. The number of nitrogens with one attached hydrogen (secondary N) is 3. The number of amides is 3. The third-order valence-electron chi connectivity index (χ3n) is 15.2. The largest absolute Gasteiger partial charge is 0.514 e. The zero-order chi connectivity index (χ0) is 63.3. The number of unbranched alkanes of at least 4 members (excludes halogenated alkanes) is 4. The number of rotatable bonds is 26. The van der Waals surface area contributed by atoms with Gasteiger partial charge in [0.1, 0.15) is 17.0 Å². The molecule has 2 aromatic heterocycles. The predicted octanol–water partition coefficient (Wildman–Crippen LogP) is 15.3. The molecular weight excluding hydrogens is 1120 g/mol. The number of fused-ring (bicyclic) bond motifs is 2. The van der Waals surface area contributed by atoms with Crippen LogP contribution in [-0.4, -0.2) is 91.9 Å². The molecule has 2 heterocycles. The van der Waals surface area contributed by atoms with Crippen LogP contribution >= 0.6 is 0 Å². The zero-order valence-corrected chi connectivity index (χ0v) is 54.0. The van der Waals surface area contributed by atoms with E-state index in [1.165, 1.54) is 17.8 Å². The number of nitrogens with zero attached hydrogens (tertiary/aromatic N) is 2. The lowest BCUT2D eigenvalue weighted by atomic mass is 9.97. The molecule has 1 atom stereocenters. The molecule has 0 saturated carbocycles. The SMILES string of the molecule is COc1cccc(Nc2c(C(N)=O)cnc3c(C)cc(Cc4cccc(C(=O)Nc5ccc(CCCCOCCCCCCN(C[C@H](O[Si](C)(C)C(C)(C)C)c6ccc(OC(=O)OC(C)(C)C)c7[nH]c(=O)ccc67)C(=O)OC(C)(C)C)cc5)c4)cc23)c1. The van der Waals surface area contributed by atoms with Crippen molar-refractivity contribution in [2.24, 2.45) is 5.73 Å². The van der Waals surface area contributed by atoms with Crippen LogP contribution in [0.25, 0.3) is 21.8 Å². The van der Waals surface area contributed by atoms with Crippen LogP contribution in [0.2, 0.25) is 18.1 Å². The van der Waals surface area contributed by atoms with E-state index in [0.717, 1.165) is 83.8 Å². The Bertz CT molecular complexity index is 3600. The fraction of sp³-hybridized carbons (Fsp3) is 0.420. The quantitative estimate of drug-likeness (QED) is 0.0172. The second-order valence-corrected chi connectivity index (χ2v) is 30.5. The molecule has 7 aromatic rings. The van der Waals surface area contributed by atoms with E-state index in [2.05, 4.69) is 60.5 Å². The molecular formula is C69H88N6O11Si. The summed E-state index contributed by atoms with van der Waals surface area (Å²) in [5.41, 5.74) is 12.6. The maximum atomic E-state index is 14.0. The van der Waals surface area contributed by atoms with Gasteiger partial charge in [-0.15, -0.1) is 0 Å². The lowest BCUT2D eigenvalue weighted by molar-refractivity contribution is 0.0150. The molecule has 0 saturated heterocycles. The van der Waals surface area contributed by atoms with E-state index in [0.29, 0.717) is 59.8 Å². The molecule has 0 bridgehead atoms. The number of H-pyrrole nitrogens is 1. The number of nitrogens with two attached hydrogens (primary N) is 1. The van der Waals surface area contributed by atoms with Gasteiger partial charge in [0.05, 0.1) is 42.0 Å². The first-order valence-electron chi connectivity index (χ1n) is 30.0. The second kappa shape index (κ2) is 29.1. The van der Waals surface area contributed by atoms with Crippen molar-refractivity contribution in [1.29, 1.82) is 0 Å². The molecule has 18 heteroatoms. The number of carbonyl (C=O) groups is 4. The number of aromatic amines is 1. The van der Waals surface area contributed by atoms with Crippen LogP contribution in [0.1, 0.15) is 155 Å². The Morgan fingerprint density at radius 3 is 2.11 bits per heavy atom. The minimum absolute atomic E-state index is 0.136. The molecule has 0 spiro atoms. The van der Waals surface area contributed by atoms with E-state index >= 15 is 0 Å². The molecule has 7 rings (SSSR count). The second-order valence-electron chi connectivity index (χ2n) is 25.7. The van der Waals surface area contributed by atoms with Gasteiger partial charge in [0.25, 0.3) is 11.8 Å². The summed E-state index contributed by atoms with van der Waals surface area (Å²) in [6.45, 7) is 25.5. The Morgan fingerprint density at radius 2 is 1.43 bits per heavy atom. The first kappa shape index (κ1) is 66.5. The highest BCUT2D eigenvalue weighted by Crippen LogP contribution is 2.42. The molecule has 5 N–H and O–H groups in total. The van der Waals surface area contributed by atoms with Crippen molar-refractivity contribution in [1.82, 2.24) is 14.9 Å². The first-order valence-corrected chi connectivity index (χ1v) is 32.9. The number of pyridine rings is 2. The first-order chi connectivity index (χ1) is 41.1. The van der Waals surface area contributed by atoms with Crippen molar-refractivity contribution in [3.63, 3.8) is 0 Å². The van der Waals surface area contributed by atoms with E-state index < -0.39 is 43.8 Å². The van der Waals surface area contributed by atoms with Gasteiger partial charge in [-0.2, -0.15) is 0 Å². The number of aryl methyl sites for hydroxylation is 2. The molecule has 0 aliphatic carbocycles. The number of hydrogen-bond donors (Lipinski definition) is 4. The monoisotopic (exact) mass is 1200 g/mol. The summed E-state index contributed by atoms with van der Waals surface area (Å²) in [6, 6.07) is 33.6. The molecule has 0 unspecified atom stereocenters. The van der Waals surface area contributed by atoms with Crippen LogP contribution in [0.4, 0.5) is 26.7 Å². The lowest BCUT2D eigenvalue weighted by Crippen LogP contribution is -2.46. The highest BCUT2D eigenvalue weighted by molar-refractivity contribution is 6.74. The van der Waals surface area contributed by atoms with Crippen LogP contribution in [0.3, 0.4) is 0 Å². The number of methoxy groups -OCH3 is 1. The molecule has 0 fully saturated rings. The van der Waals surface area contributed by atoms with E-state index in [-0.39, 0.29) is 34.4 Å². The van der Waals surface area contributed by atoms with Gasteiger partial charge in [0.2, 0.25) is 5.56 Å². The van der Waals surface area contributed by atoms with Crippen LogP contribution in [0, 0.1) is 6.92 Å². The van der Waals surface area contributed by atoms with Crippen molar-refractivity contribution >= 4 is 71.2 Å². The molecule has 5 aromatic carbocycles. The van der Waals surface area contributed by atoms with Gasteiger partial charge >= 0.3 is 12.2 Å². The minimum atomic E-state index is -2.48. The van der Waals surface area contributed by atoms with Crippen molar-refractivity contribution in [3.05, 3.63) is 165 Å². The van der Waals surface area contributed by atoms with Crippen LogP contribution < -0.4 is 31.4 Å². The number of aromatic nitrogens is 2. The number of hydrogen-bond acceptors (Lipinski definition) is 13. The number of primary amides is 1. The van der Waals surface area contributed by atoms with Crippen molar-refractivity contribution in [2.75, 3.05) is 44.0 Å². The maximum absolute atomic E-state index is 14.0. The van der Waals surface area contributed by atoms with Crippen molar-refractivity contribution in [2.45, 2.75) is 156 Å². The number of anilines is 3. The average Bonchev–Trinajstić information content (AvgIpc) is 0.984. The van der Waals surface area contributed by atoms with Gasteiger partial charge in [-0.05, 0) is 188 Å². The zero-order valence-electron chi connectivity index (χ0n) is 53.0. The fourth-order valence-corrected chi connectivity index (χ4v) is 11.1. The molecule has 3 amide bonds. The summed E-state index contributed by atoms with van der Waals surface area (Å²) in [4.78, 5) is 74.9. The van der Waals surface area contributed by atoms with Crippen LogP contribution in [0.5, 0.6) is 11.5 Å². The third-order valence-corrected chi connectivity index (χ3v) is 19.7. The normalized spacial score (nSPS) is 12.4. The van der Waals surface area contributed by atoms with Crippen LogP contribution in [-0.2, 0) is 31.5 Å². The van der Waals surface area contributed by atoms with Crippen molar-refractivity contribution < 1.29 is 47.3 Å². The fourth-order valence-electron chi connectivity index (χ4n) is 9.83. The number of benzene rings is 5. The summed E-state index contributed by atoms with van der Waals surface area (Å²) in [6.07, 6.45) is 6.25. The Labute approximate surface area is 513 Å². The minimum Gasteiger partial charge on any atom is -0.497 e. The van der Waals surface area contributed by atoms with Crippen LogP contribution in [0.15, 0.2) is 120 Å². The Morgan fingerprint density at radius 1 is 0.724 bits per heavy atom. The standard InChI is InChI=1S/C69H88N6O11Si/c1-45-38-48(41-55-60(45)71-43-56(63(70)77)61(55)72-51-25-21-26-52(42-51)81-11)39-47-23-20-24-49(40-47)64(78)73-50-29-27-46(28-30-50)22-16-19-37-82-36-18-15-14-17-35-75(65(79)84-67(2,3)4)44-58(86-87(12,13)69(8,9)10)53-31-33-57(83-66(80)85-68(5,6)7)62-54(53)32-34-59(76)74-62/h20-21,23-34,38,40-43,58H,14-19,22,35-37,39,44H2,1-13H3,(H2,70,77)(H,71,72)(H,73,78)(H,74,76)/t58-/m0/s1. The summed E-state index contributed by atoms with van der Waals surface area (Å²) in [5.74, 6) is -0.00256. The highest BCUT2D eigenvalue weighted by atomic mass is 28.4. The molecule has 17 nitrogen and oxygen atoms in total. The van der Waals surface area contributed by atoms with Gasteiger partial charge < -0.3 is 54.4 Å². The lowest BCUT2D eigenvalue weighted by Gasteiger charge is -2.41. The number of ether oxygens (including phenoxy) is 5. The summed E-state index contributed by atoms with van der Waals surface area (Å²) < 4.78 is 35.6. The topological polar surface area (TPSA) is 223 Å². The number of carbonyl (C=O) groups excluding carboxylic acids is 4. The highest BCUT2D eigenvalue weighted by Gasteiger charge is 2.41. The Hall–Kier alpha value is -8.06. The molecule has 0 radical (unpaired) electrons. The smallest absolute Gasteiger partial charge is 0.497 e. The Kier molecular flexibility index (Phi) is 22.2. The summed E-state index contributed by atoms with van der Waals surface area (Å²) in [7, 11) is -0.885. The Balaban J connectivity index is 0.875. The van der Waals surface area contributed by atoms with E-state index in [4.69, 9.17) is 33.8 Å². The van der Waals surface area contributed by atoms with Gasteiger partial charge in [-0.1, -0.05) is 76.1 Å². The predicted molar refractivity (Wildman–Crippen MR) is 347 cm³/mol. The summed E-state index contributed by atoms with van der Waals surface area (Å²) in [5, 5.41) is 7.65. The van der Waals surface area contributed by atoms with E-state index in [1.807, 2.05) is 107 Å². The van der Waals surface area contributed by atoms with Gasteiger partial charge in [-0.3, -0.25) is 19.4 Å².